The number of benzene rings is 1. The van der Waals surface area contributed by atoms with Crippen molar-refractivity contribution in [1.82, 2.24) is 5.01 Å². The molecule has 26 heavy (non-hydrogen) atoms. The van der Waals surface area contributed by atoms with E-state index >= 15 is 0 Å². The molecule has 0 saturated heterocycles. The Morgan fingerprint density at radius 1 is 1.35 bits per heavy atom. The van der Waals surface area contributed by atoms with E-state index < -0.39 is 4.92 Å². The molecule has 0 atom stereocenters. The van der Waals surface area contributed by atoms with Crippen LogP contribution >= 0.6 is 0 Å². The second-order valence-corrected chi connectivity index (χ2v) is 5.37. The van der Waals surface area contributed by atoms with Gasteiger partial charge in [-0.2, -0.15) is 0 Å². The van der Waals surface area contributed by atoms with E-state index in [4.69, 9.17) is 17.3 Å². The molecule has 0 fully saturated rings. The van der Waals surface area contributed by atoms with Gasteiger partial charge in [-0.05, 0) is 36.6 Å². The Kier molecular flexibility index (Phi) is 9.47. The molecular weight excluding hydrogens is 330 g/mol. The second kappa shape index (κ2) is 10.7. The minimum absolute atomic E-state index is 0.0592. The number of allylic oxidation sites excluding steroid dienone is 3. The average Bonchev–Trinajstić information content (AvgIpc) is 2.61. The maximum Gasteiger partial charge on any atom is 0.272 e. The molecule has 1 aromatic carbocycles. The normalized spacial score (nSPS) is 11.7. The topological polar surface area (TPSA) is 124 Å². The van der Waals surface area contributed by atoms with E-state index in [0.717, 1.165) is 11.1 Å². The third kappa shape index (κ3) is 6.10. The minimum atomic E-state index is -0.426. The van der Waals surface area contributed by atoms with Crippen molar-refractivity contribution in [3.63, 3.8) is 0 Å². The largest absolute Gasteiger partial charge is 0.395 e. The smallest absolute Gasteiger partial charge is 0.272 e. The van der Waals surface area contributed by atoms with Gasteiger partial charge in [-0.1, -0.05) is 45.2 Å². The quantitative estimate of drug-likeness (QED) is 0.297. The first kappa shape index (κ1) is 22.9. The summed E-state index contributed by atoms with van der Waals surface area (Å²) in [7, 11) is 0. The fourth-order valence-corrected chi connectivity index (χ4v) is 2.10. The van der Waals surface area contributed by atoms with Gasteiger partial charge in [0.15, 0.2) is 0 Å². The van der Waals surface area contributed by atoms with Crippen LogP contribution < -0.4 is 17.3 Å². The third-order valence-electron chi connectivity index (χ3n) is 3.57. The predicted octanol–water partition coefficient (Wildman–Crippen LogP) is 3.38. The van der Waals surface area contributed by atoms with E-state index in [2.05, 4.69) is 13.2 Å². The molecule has 6 N–H and O–H groups in total. The molecule has 0 bridgehead atoms. The summed E-state index contributed by atoms with van der Waals surface area (Å²) in [4.78, 5) is 10.4. The molecule has 0 amide bonds. The monoisotopic (exact) mass is 359 g/mol. The Morgan fingerprint density at radius 3 is 2.38 bits per heavy atom. The molecule has 0 heterocycles. The number of hydrogen-bond donors (Lipinski definition) is 3. The molecule has 0 radical (unpaired) electrons. The van der Waals surface area contributed by atoms with Crippen LogP contribution in [0, 0.1) is 17.0 Å². The van der Waals surface area contributed by atoms with Gasteiger partial charge in [0.1, 0.15) is 5.82 Å². The summed E-state index contributed by atoms with van der Waals surface area (Å²) in [5.41, 5.74) is 15.0. The number of nitro benzene ring substituents is 1. The molecule has 0 saturated carbocycles. The van der Waals surface area contributed by atoms with Crippen LogP contribution in [0.1, 0.15) is 31.9 Å². The van der Waals surface area contributed by atoms with E-state index in [1.807, 2.05) is 20.8 Å². The van der Waals surface area contributed by atoms with Crippen LogP contribution in [-0.4, -0.2) is 9.93 Å². The van der Waals surface area contributed by atoms with Crippen LogP contribution in [0.3, 0.4) is 0 Å². The van der Waals surface area contributed by atoms with Gasteiger partial charge < -0.3 is 11.5 Å². The van der Waals surface area contributed by atoms with Gasteiger partial charge in [0, 0.05) is 11.6 Å². The molecule has 0 aliphatic heterocycles. The van der Waals surface area contributed by atoms with Gasteiger partial charge in [0.05, 0.1) is 17.2 Å². The van der Waals surface area contributed by atoms with Crippen LogP contribution in [0.2, 0.25) is 0 Å². The van der Waals surface area contributed by atoms with Crippen molar-refractivity contribution in [1.29, 1.82) is 0 Å². The Morgan fingerprint density at radius 2 is 1.92 bits per heavy atom. The number of nitrogens with two attached hydrogens (primary N) is 3. The van der Waals surface area contributed by atoms with E-state index in [-0.39, 0.29) is 23.8 Å². The Bertz CT molecular complexity index is 735. The van der Waals surface area contributed by atoms with E-state index in [1.165, 1.54) is 11.1 Å². The zero-order chi connectivity index (χ0) is 20.4. The Hall–Kier alpha value is -3.06. The number of nitrogens with zero attached hydrogens (tertiary/aromatic N) is 2. The number of nitro groups is 1. The molecule has 0 aromatic heterocycles. The second-order valence-electron chi connectivity index (χ2n) is 5.37. The summed E-state index contributed by atoms with van der Waals surface area (Å²) >= 11 is 0. The summed E-state index contributed by atoms with van der Waals surface area (Å²) in [6.45, 7) is 15.3. The van der Waals surface area contributed by atoms with Gasteiger partial charge in [-0.25, -0.2) is 5.84 Å². The van der Waals surface area contributed by atoms with Gasteiger partial charge >= 0.3 is 0 Å². The molecule has 0 spiro atoms. The minimum Gasteiger partial charge on any atom is -0.395 e. The maximum absolute atomic E-state index is 10.8. The lowest BCUT2D eigenvalue weighted by Crippen LogP contribution is -2.36. The van der Waals surface area contributed by atoms with Crippen LogP contribution in [0.15, 0.2) is 66.2 Å². The fraction of sp³-hybridized carbons (Fsp3) is 0.263. The van der Waals surface area contributed by atoms with Crippen LogP contribution in [0.25, 0.3) is 0 Å². The van der Waals surface area contributed by atoms with Crippen molar-refractivity contribution in [2.24, 2.45) is 17.3 Å². The number of hydrazine groups is 1. The summed E-state index contributed by atoms with van der Waals surface area (Å²) in [6.07, 6.45) is 3.40. The zero-order valence-corrected chi connectivity index (χ0v) is 16.0. The molecule has 142 valence electrons. The van der Waals surface area contributed by atoms with E-state index in [1.54, 1.807) is 31.2 Å². The number of aryl methyl sites for hydroxylation is 1. The summed E-state index contributed by atoms with van der Waals surface area (Å²) < 4.78 is 0. The first-order valence-corrected chi connectivity index (χ1v) is 8.19. The average molecular weight is 359 g/mol. The van der Waals surface area contributed by atoms with Crippen molar-refractivity contribution >= 4 is 5.69 Å². The van der Waals surface area contributed by atoms with Crippen molar-refractivity contribution in [2.45, 2.75) is 34.2 Å². The lowest BCUT2D eigenvalue weighted by Gasteiger charge is -2.22. The number of hydrogen-bond acceptors (Lipinski definition) is 6. The van der Waals surface area contributed by atoms with Gasteiger partial charge in [-0.3, -0.25) is 15.1 Å². The third-order valence-corrected chi connectivity index (χ3v) is 3.57. The molecule has 1 rings (SSSR count). The highest BCUT2D eigenvalue weighted by Gasteiger charge is 2.14. The van der Waals surface area contributed by atoms with E-state index in [0.29, 0.717) is 11.1 Å². The first-order valence-electron chi connectivity index (χ1n) is 8.19. The van der Waals surface area contributed by atoms with Gasteiger partial charge in [0.2, 0.25) is 0 Å². The standard InChI is InChI=1S/C17H23N5O2.C2H6/c1-5-6-11(2)13(4)16(18)17(19)21(20)10-14-7-8-15(22(23)24)12(3)9-14;1-2/h5-9H,1,4,10,18-20H2,2-3H3;1-2H3/b11-6+,17-16-;. The van der Waals surface area contributed by atoms with E-state index in [9.17, 15) is 10.1 Å². The molecule has 0 unspecified atom stereocenters. The fourth-order valence-electron chi connectivity index (χ4n) is 2.10. The Labute approximate surface area is 155 Å². The lowest BCUT2D eigenvalue weighted by molar-refractivity contribution is -0.385. The summed E-state index contributed by atoms with van der Waals surface area (Å²) in [5, 5.41) is 12.1. The molecule has 7 heteroatoms. The Balaban J connectivity index is 0.00000301. The van der Waals surface area contributed by atoms with Crippen LogP contribution in [-0.2, 0) is 6.54 Å². The van der Waals surface area contributed by atoms with Crippen LogP contribution in [0.5, 0.6) is 0 Å². The molecule has 7 nitrogen and oxygen atoms in total. The number of rotatable bonds is 7. The summed E-state index contributed by atoms with van der Waals surface area (Å²) in [6, 6.07) is 4.77. The first-order chi connectivity index (χ1) is 12.2. The lowest BCUT2D eigenvalue weighted by atomic mass is 10.1. The highest BCUT2D eigenvalue weighted by atomic mass is 16.6. The van der Waals surface area contributed by atoms with Crippen molar-refractivity contribution in [3.8, 4) is 0 Å². The molecular formula is C19H29N5O2. The SMILES string of the molecule is C=C/C=C(\C)C(=C)/C(N)=C(\N)N(N)Cc1ccc([N+](=O)[O-])c(C)c1.CC. The van der Waals surface area contributed by atoms with Gasteiger partial charge in [0.25, 0.3) is 5.69 Å². The molecule has 1 aromatic rings. The van der Waals surface area contributed by atoms with Crippen LogP contribution in [0.4, 0.5) is 5.69 Å². The highest BCUT2D eigenvalue weighted by molar-refractivity contribution is 5.45. The van der Waals surface area contributed by atoms with Gasteiger partial charge in [-0.15, -0.1) is 0 Å². The van der Waals surface area contributed by atoms with Crippen molar-refractivity contribution in [3.05, 3.63) is 87.4 Å². The maximum atomic E-state index is 10.8. The molecule has 0 aliphatic carbocycles. The molecule has 0 aliphatic rings. The highest BCUT2D eigenvalue weighted by Crippen LogP contribution is 2.20. The zero-order valence-electron chi connectivity index (χ0n) is 16.0. The predicted molar refractivity (Wildman–Crippen MR) is 107 cm³/mol. The van der Waals surface area contributed by atoms with Crippen molar-refractivity contribution in [2.75, 3.05) is 0 Å². The summed E-state index contributed by atoms with van der Waals surface area (Å²) in [5.74, 6) is 6.14. The van der Waals surface area contributed by atoms with Crippen molar-refractivity contribution < 1.29 is 4.92 Å².